The van der Waals surface area contributed by atoms with Crippen LogP contribution in [0.15, 0.2) is 54.9 Å². The molecule has 1 fully saturated rings. The third kappa shape index (κ3) is 9.80. The lowest BCUT2D eigenvalue weighted by atomic mass is 9.97. The summed E-state index contributed by atoms with van der Waals surface area (Å²) >= 11 is 0. The lowest BCUT2D eigenvalue weighted by Gasteiger charge is -2.32. The smallest absolute Gasteiger partial charge is 0.416 e. The molecule has 1 aromatic heterocycles. The monoisotopic (exact) mass is 643 g/mol. The molecule has 0 aliphatic carbocycles. The number of likely N-dealkylation sites (tertiary alicyclic amines) is 1. The van der Waals surface area contributed by atoms with Gasteiger partial charge in [0, 0.05) is 31.2 Å². The Labute approximate surface area is 266 Å². The molecular weight excluding hydrogens is 603 g/mol. The van der Waals surface area contributed by atoms with Gasteiger partial charge >= 0.3 is 12.3 Å². The molecule has 2 aromatic carbocycles. The molecule has 10 nitrogen and oxygen atoms in total. The van der Waals surface area contributed by atoms with Crippen LogP contribution in [0.1, 0.15) is 61.0 Å². The molecule has 4 rings (SSSR count). The van der Waals surface area contributed by atoms with Gasteiger partial charge in [0.05, 0.1) is 18.8 Å². The topological polar surface area (TPSA) is 115 Å². The summed E-state index contributed by atoms with van der Waals surface area (Å²) in [5.74, 6) is 0.398. The molecule has 1 saturated heterocycles. The van der Waals surface area contributed by atoms with Crippen molar-refractivity contribution < 1.29 is 37.0 Å². The zero-order chi connectivity index (χ0) is 32.9. The Morgan fingerprint density at radius 2 is 1.59 bits per heavy atom. The van der Waals surface area contributed by atoms with E-state index in [1.807, 2.05) is 13.8 Å². The minimum Gasteiger partial charge on any atom is -0.477 e. The Hall–Kier alpha value is -4.39. The number of carbonyl (C=O) groups excluding carboxylic acids is 2. The molecule has 0 unspecified atom stereocenters. The van der Waals surface area contributed by atoms with Gasteiger partial charge in [-0.2, -0.15) is 13.2 Å². The molecule has 2 N–H and O–H groups in total. The highest BCUT2D eigenvalue weighted by molar-refractivity contribution is 6.01. The predicted molar refractivity (Wildman–Crippen MR) is 166 cm³/mol. The summed E-state index contributed by atoms with van der Waals surface area (Å²) in [5.41, 5.74) is 1.31. The number of unbranched alkanes of at least 4 members (excludes halogenated alkanes) is 1. The summed E-state index contributed by atoms with van der Waals surface area (Å²) in [4.78, 5) is 35.9. The molecule has 0 bridgehead atoms. The number of hydrogen-bond acceptors (Lipinski definition) is 8. The van der Waals surface area contributed by atoms with Gasteiger partial charge in [-0.15, -0.1) is 0 Å². The lowest BCUT2D eigenvalue weighted by molar-refractivity contribution is -0.137. The quantitative estimate of drug-likeness (QED) is 0.210. The summed E-state index contributed by atoms with van der Waals surface area (Å²) in [7, 11) is 0. The van der Waals surface area contributed by atoms with E-state index >= 15 is 0 Å². The number of benzene rings is 2. The molecule has 13 heteroatoms. The van der Waals surface area contributed by atoms with Crippen molar-refractivity contribution in [2.45, 2.75) is 58.4 Å². The van der Waals surface area contributed by atoms with Gasteiger partial charge in [0.25, 0.3) is 5.91 Å². The third-order valence-corrected chi connectivity index (χ3v) is 7.56. The molecule has 2 amide bonds. The molecule has 2 heterocycles. The summed E-state index contributed by atoms with van der Waals surface area (Å²) in [6.07, 6.45) is -0.398. The normalized spacial score (nSPS) is 14.0. The summed E-state index contributed by atoms with van der Waals surface area (Å²) in [6, 6.07) is 11.8. The van der Waals surface area contributed by atoms with Crippen molar-refractivity contribution in [2.75, 3.05) is 39.4 Å². The summed E-state index contributed by atoms with van der Waals surface area (Å²) in [6.45, 7) is 7.36. The molecule has 1 aliphatic heterocycles. The highest BCUT2D eigenvalue weighted by atomic mass is 19.4. The second-order valence-corrected chi connectivity index (χ2v) is 10.7. The average molecular weight is 644 g/mol. The number of rotatable bonds is 14. The van der Waals surface area contributed by atoms with Crippen LogP contribution in [0.4, 0.5) is 18.0 Å². The van der Waals surface area contributed by atoms with Crippen molar-refractivity contribution in [3.05, 3.63) is 71.5 Å². The molecule has 46 heavy (non-hydrogen) atoms. The van der Waals surface area contributed by atoms with Crippen LogP contribution in [-0.4, -0.2) is 72.3 Å². The molecule has 248 valence electrons. The number of alkyl halides is 3. The average Bonchev–Trinajstić information content (AvgIpc) is 3.05. The number of nitrogens with one attached hydrogen (secondary N) is 2. The minimum absolute atomic E-state index is 0.00217. The zero-order valence-electron chi connectivity index (χ0n) is 26.1. The Bertz CT molecular complexity index is 1410. The Morgan fingerprint density at radius 1 is 0.935 bits per heavy atom. The Kier molecular flexibility index (Phi) is 12.6. The maximum Gasteiger partial charge on any atom is 0.416 e. The molecule has 3 aromatic rings. The van der Waals surface area contributed by atoms with E-state index in [1.165, 1.54) is 18.5 Å². The van der Waals surface area contributed by atoms with Crippen LogP contribution in [0.25, 0.3) is 11.1 Å². The van der Waals surface area contributed by atoms with Gasteiger partial charge in [-0.1, -0.05) is 30.3 Å². The molecule has 0 saturated carbocycles. The first-order valence-corrected chi connectivity index (χ1v) is 15.5. The number of hydrogen-bond donors (Lipinski definition) is 2. The van der Waals surface area contributed by atoms with Crippen molar-refractivity contribution in [3.63, 3.8) is 0 Å². The van der Waals surface area contributed by atoms with Crippen LogP contribution in [0, 0.1) is 0 Å². The first kappa shape index (κ1) is 34.5. The number of ether oxygens (including phenoxy) is 3. The number of nitrogens with zero attached hydrogens (tertiary/aromatic N) is 3. The SMILES string of the molecule is CCOc1ncnc(OCC)c1COC(=O)NCCCCN1CCC(NC(=O)c2ccccc2-c2ccc(C(F)(F)F)cc2)CC1. The van der Waals surface area contributed by atoms with E-state index in [-0.39, 0.29) is 18.6 Å². The molecule has 1 aliphatic rings. The number of piperidine rings is 1. The van der Waals surface area contributed by atoms with Crippen LogP contribution in [-0.2, 0) is 17.5 Å². The van der Waals surface area contributed by atoms with E-state index in [0.717, 1.165) is 57.5 Å². The van der Waals surface area contributed by atoms with Gasteiger partial charge < -0.3 is 29.7 Å². The van der Waals surface area contributed by atoms with E-state index in [1.54, 1.807) is 24.3 Å². The summed E-state index contributed by atoms with van der Waals surface area (Å²) in [5, 5.41) is 5.87. The first-order chi connectivity index (χ1) is 22.2. The molecule has 0 radical (unpaired) electrons. The largest absolute Gasteiger partial charge is 0.477 e. The van der Waals surface area contributed by atoms with Gasteiger partial charge in [-0.3, -0.25) is 4.79 Å². The van der Waals surface area contributed by atoms with E-state index < -0.39 is 17.8 Å². The van der Waals surface area contributed by atoms with Gasteiger partial charge in [0.2, 0.25) is 11.8 Å². The summed E-state index contributed by atoms with van der Waals surface area (Å²) < 4.78 is 55.3. The predicted octanol–water partition coefficient (Wildman–Crippen LogP) is 5.86. The second-order valence-electron chi connectivity index (χ2n) is 10.7. The van der Waals surface area contributed by atoms with Crippen molar-refractivity contribution >= 4 is 12.0 Å². The number of carbonyl (C=O) groups is 2. The van der Waals surface area contributed by atoms with E-state index in [2.05, 4.69) is 25.5 Å². The van der Waals surface area contributed by atoms with Crippen LogP contribution in [0.5, 0.6) is 11.8 Å². The minimum atomic E-state index is -4.42. The van der Waals surface area contributed by atoms with Gasteiger partial charge in [0.1, 0.15) is 18.5 Å². The molecule has 0 spiro atoms. The Balaban J connectivity index is 1.15. The fraction of sp³-hybridized carbons (Fsp3) is 0.455. The number of amides is 2. The van der Waals surface area contributed by atoms with E-state index in [0.29, 0.717) is 53.8 Å². The zero-order valence-corrected chi connectivity index (χ0v) is 26.1. The van der Waals surface area contributed by atoms with Crippen molar-refractivity contribution in [1.29, 1.82) is 0 Å². The fourth-order valence-electron chi connectivity index (χ4n) is 5.20. The van der Waals surface area contributed by atoms with E-state index in [9.17, 15) is 22.8 Å². The van der Waals surface area contributed by atoms with E-state index in [4.69, 9.17) is 14.2 Å². The highest BCUT2D eigenvalue weighted by Crippen LogP contribution is 2.32. The first-order valence-electron chi connectivity index (χ1n) is 15.5. The maximum absolute atomic E-state index is 13.2. The molecular formula is C33H40F3N5O5. The van der Waals surface area contributed by atoms with Crippen molar-refractivity contribution in [1.82, 2.24) is 25.5 Å². The fourth-order valence-corrected chi connectivity index (χ4v) is 5.20. The highest BCUT2D eigenvalue weighted by Gasteiger charge is 2.30. The molecule has 0 atom stereocenters. The number of halogens is 3. The van der Waals surface area contributed by atoms with Crippen LogP contribution in [0.2, 0.25) is 0 Å². The van der Waals surface area contributed by atoms with Crippen LogP contribution < -0.4 is 20.1 Å². The van der Waals surface area contributed by atoms with Crippen LogP contribution in [0.3, 0.4) is 0 Å². The maximum atomic E-state index is 13.2. The van der Waals surface area contributed by atoms with Crippen molar-refractivity contribution in [3.8, 4) is 22.9 Å². The van der Waals surface area contributed by atoms with Crippen LogP contribution >= 0.6 is 0 Å². The second kappa shape index (κ2) is 16.8. The third-order valence-electron chi connectivity index (χ3n) is 7.56. The van der Waals surface area contributed by atoms with Crippen molar-refractivity contribution in [2.24, 2.45) is 0 Å². The standard InChI is InChI=1S/C33H40F3N5O5/c1-3-44-30-28(31(45-4-2)39-22-38-30)21-46-32(43)37-17-7-8-18-41-19-15-25(16-20-41)40-29(42)27-10-6-5-9-26(27)23-11-13-24(14-12-23)33(34,35)36/h5-6,9-14,22,25H,3-4,7-8,15-21H2,1-2H3,(H,37,43)(H,40,42). The van der Waals surface area contributed by atoms with Gasteiger partial charge in [0.15, 0.2) is 0 Å². The number of aromatic nitrogens is 2. The Morgan fingerprint density at radius 3 is 2.22 bits per heavy atom. The van der Waals surface area contributed by atoms with Gasteiger partial charge in [-0.25, -0.2) is 14.8 Å². The number of alkyl carbamates (subject to hydrolysis) is 1. The lowest BCUT2D eigenvalue weighted by Crippen LogP contribution is -2.45. The van der Waals surface area contributed by atoms with Gasteiger partial charge in [-0.05, 0) is 75.4 Å².